The first kappa shape index (κ1) is 17.9. The minimum atomic E-state index is -0.511. The lowest BCUT2D eigenvalue weighted by molar-refractivity contribution is 0.623. The molecule has 9 rings (SSSR count). The number of benzene rings is 8. The van der Waals surface area contributed by atoms with Gasteiger partial charge in [-0.1, -0.05) is 109 Å². The maximum absolute atomic E-state index is 8.78. The summed E-state index contributed by atoms with van der Waals surface area (Å²) in [6.45, 7) is 0. The first-order valence-electron chi connectivity index (χ1n) is 18.2. The monoisotopic (exact) mass is 570 g/mol. The van der Waals surface area contributed by atoms with Gasteiger partial charge >= 0.3 is 0 Å². The SMILES string of the molecule is [2H]c1c([2H])c([2H])c2c(c1[2H])c1nc(-c3ccc(N(c4ccccc4)c4ccc5c(ccc6ccccc65)c4)cc3)oc1c1c([2H])c([2H])c([2H])c([2H])c12. The molecule has 1 heterocycles. The summed E-state index contributed by atoms with van der Waals surface area (Å²) < 4.78 is 74.7. The number of hydrogen-bond acceptors (Lipinski definition) is 3. The Bertz CT molecular complexity index is 2850. The highest BCUT2D eigenvalue weighted by Crippen LogP contribution is 2.40. The van der Waals surface area contributed by atoms with Crippen LogP contribution in [0, 0.1) is 0 Å². The summed E-state index contributed by atoms with van der Waals surface area (Å²) in [5, 5.41) is 4.61. The van der Waals surface area contributed by atoms with E-state index in [-0.39, 0.29) is 50.6 Å². The van der Waals surface area contributed by atoms with Crippen LogP contribution in [0.1, 0.15) is 11.0 Å². The van der Waals surface area contributed by atoms with Crippen LogP contribution in [0.15, 0.2) is 162 Å². The maximum atomic E-state index is 8.78. The van der Waals surface area contributed by atoms with E-state index in [2.05, 4.69) is 47.4 Å². The van der Waals surface area contributed by atoms with Gasteiger partial charge in [-0.05, 0) is 80.8 Å². The molecule has 0 bridgehead atoms. The third-order valence-corrected chi connectivity index (χ3v) is 8.09. The molecule has 3 nitrogen and oxygen atoms in total. The van der Waals surface area contributed by atoms with Crippen molar-refractivity contribution >= 4 is 71.3 Å². The van der Waals surface area contributed by atoms with Crippen LogP contribution in [0.2, 0.25) is 0 Å². The van der Waals surface area contributed by atoms with Crippen LogP contribution in [-0.4, -0.2) is 4.98 Å². The van der Waals surface area contributed by atoms with E-state index in [9.17, 15) is 0 Å². The normalized spacial score (nSPS) is 14.2. The molecule has 0 aliphatic carbocycles. The molecule has 1 aromatic heterocycles. The summed E-state index contributed by atoms with van der Waals surface area (Å²) in [6.07, 6.45) is 0. The Morgan fingerprint density at radius 1 is 0.500 bits per heavy atom. The van der Waals surface area contributed by atoms with E-state index in [1.165, 1.54) is 10.8 Å². The third kappa shape index (κ3) is 3.87. The molecular weight excluding hydrogens is 536 g/mol. The molecule has 0 aliphatic heterocycles. The molecule has 0 N–H and O–H groups in total. The van der Waals surface area contributed by atoms with Gasteiger partial charge in [-0.15, -0.1) is 0 Å². The number of aromatic nitrogens is 1. The Morgan fingerprint density at radius 2 is 1.11 bits per heavy atom. The third-order valence-electron chi connectivity index (χ3n) is 8.09. The van der Waals surface area contributed by atoms with Gasteiger partial charge in [0.05, 0.1) is 11.0 Å². The van der Waals surface area contributed by atoms with Gasteiger partial charge in [0.2, 0.25) is 5.89 Å². The standard InChI is InChI=1S/C41H26N2O/c1-2-11-30(12-3-1)43(32-24-25-34-29(26-32)19-18-27-10-4-5-13-33(27)34)31-22-20-28(21-23-31)41-42-39-37-16-8-6-14-35(37)36-15-7-9-17-38(36)40(39)44-41/h1-26H/i6D,7D,8D,9D,14D,15D,16D,17D. The number of para-hydroxylation sites is 1. The molecular formula is C41H26N2O. The van der Waals surface area contributed by atoms with E-state index in [1.807, 2.05) is 66.7 Å². The van der Waals surface area contributed by atoms with E-state index in [0.717, 1.165) is 27.8 Å². The van der Waals surface area contributed by atoms with Crippen LogP contribution in [0.5, 0.6) is 0 Å². The lowest BCUT2D eigenvalue weighted by atomic mass is 10.0. The van der Waals surface area contributed by atoms with Crippen LogP contribution in [0.4, 0.5) is 17.1 Å². The van der Waals surface area contributed by atoms with Gasteiger partial charge in [-0.2, -0.15) is 0 Å². The predicted molar refractivity (Wildman–Crippen MR) is 184 cm³/mol. The van der Waals surface area contributed by atoms with Gasteiger partial charge in [0.25, 0.3) is 0 Å². The summed E-state index contributed by atoms with van der Waals surface area (Å²) in [5.74, 6) is 0.138. The fourth-order valence-corrected chi connectivity index (χ4v) is 6.05. The molecule has 44 heavy (non-hydrogen) atoms. The van der Waals surface area contributed by atoms with Crippen molar-refractivity contribution in [2.24, 2.45) is 0 Å². The summed E-state index contributed by atoms with van der Waals surface area (Å²) in [7, 11) is 0. The van der Waals surface area contributed by atoms with E-state index in [0.29, 0.717) is 5.56 Å². The van der Waals surface area contributed by atoms with Crippen molar-refractivity contribution in [2.75, 3.05) is 4.90 Å². The van der Waals surface area contributed by atoms with Gasteiger partial charge in [0, 0.05) is 33.4 Å². The number of hydrogen-bond donors (Lipinski definition) is 0. The fraction of sp³-hybridized carbons (Fsp3) is 0. The molecule has 0 saturated heterocycles. The molecule has 8 aromatic carbocycles. The van der Waals surface area contributed by atoms with Gasteiger partial charge < -0.3 is 9.32 Å². The zero-order chi connectivity index (χ0) is 36.0. The van der Waals surface area contributed by atoms with Gasteiger partial charge in [0.1, 0.15) is 5.52 Å². The summed E-state index contributed by atoms with van der Waals surface area (Å²) >= 11 is 0. The molecule has 0 unspecified atom stereocenters. The lowest BCUT2D eigenvalue weighted by Crippen LogP contribution is -2.09. The highest BCUT2D eigenvalue weighted by Gasteiger charge is 2.17. The predicted octanol–water partition coefficient (Wildman–Crippen LogP) is 11.6. The number of fused-ring (bicyclic) bond motifs is 9. The van der Waals surface area contributed by atoms with Gasteiger partial charge in [-0.25, -0.2) is 4.98 Å². The number of oxazole rings is 1. The smallest absolute Gasteiger partial charge is 0.227 e. The Morgan fingerprint density at radius 3 is 1.93 bits per heavy atom. The van der Waals surface area contributed by atoms with E-state index < -0.39 is 36.3 Å². The van der Waals surface area contributed by atoms with E-state index >= 15 is 0 Å². The van der Waals surface area contributed by atoms with Crippen molar-refractivity contribution in [3.8, 4) is 11.5 Å². The Kier molecular flexibility index (Phi) is 3.99. The van der Waals surface area contributed by atoms with Crippen molar-refractivity contribution in [2.45, 2.75) is 0 Å². The Labute approximate surface area is 265 Å². The second-order valence-corrected chi connectivity index (χ2v) is 10.6. The molecule has 0 aliphatic rings. The summed E-state index contributed by atoms with van der Waals surface area (Å²) in [4.78, 5) is 6.88. The van der Waals surface area contributed by atoms with Crippen LogP contribution in [-0.2, 0) is 0 Å². The maximum Gasteiger partial charge on any atom is 0.227 e. The molecule has 3 heteroatoms. The van der Waals surface area contributed by atoms with Crippen molar-refractivity contribution in [1.29, 1.82) is 0 Å². The summed E-state index contributed by atoms with van der Waals surface area (Å²) in [6, 6.07) is 33.1. The topological polar surface area (TPSA) is 29.3 Å². The van der Waals surface area contributed by atoms with Gasteiger partial charge in [-0.3, -0.25) is 0 Å². The summed E-state index contributed by atoms with van der Waals surface area (Å²) in [5.41, 5.74) is 3.47. The molecule has 9 aromatic rings. The van der Waals surface area contributed by atoms with Crippen LogP contribution in [0.3, 0.4) is 0 Å². The second kappa shape index (κ2) is 9.82. The molecule has 0 amide bonds. The largest absolute Gasteiger partial charge is 0.435 e. The lowest BCUT2D eigenvalue weighted by Gasteiger charge is -2.26. The Hall–Kier alpha value is -5.93. The van der Waals surface area contributed by atoms with E-state index in [4.69, 9.17) is 20.4 Å². The van der Waals surface area contributed by atoms with Crippen molar-refractivity contribution < 1.29 is 15.4 Å². The van der Waals surface area contributed by atoms with E-state index in [1.54, 1.807) is 0 Å². The van der Waals surface area contributed by atoms with Crippen molar-refractivity contribution in [3.05, 3.63) is 158 Å². The zero-order valence-corrected chi connectivity index (χ0v) is 23.2. The quantitative estimate of drug-likeness (QED) is 0.197. The Balaban J connectivity index is 1.23. The number of rotatable bonds is 4. The first-order valence-corrected chi connectivity index (χ1v) is 14.2. The number of anilines is 3. The molecule has 0 fully saturated rings. The first-order chi connectivity index (χ1) is 25.1. The molecule has 0 saturated carbocycles. The molecule has 0 radical (unpaired) electrons. The van der Waals surface area contributed by atoms with Gasteiger partial charge in [0.15, 0.2) is 5.58 Å². The highest BCUT2D eigenvalue weighted by molar-refractivity contribution is 6.22. The average Bonchev–Trinajstić information content (AvgIpc) is 3.62. The highest BCUT2D eigenvalue weighted by atomic mass is 16.3. The van der Waals surface area contributed by atoms with Crippen LogP contribution in [0.25, 0.3) is 65.6 Å². The number of nitrogens with zero attached hydrogens (tertiary/aromatic N) is 2. The average molecular weight is 571 g/mol. The van der Waals surface area contributed by atoms with Crippen molar-refractivity contribution in [3.63, 3.8) is 0 Å². The molecule has 206 valence electrons. The fourth-order valence-electron chi connectivity index (χ4n) is 6.05. The second-order valence-electron chi connectivity index (χ2n) is 10.6. The van der Waals surface area contributed by atoms with Crippen LogP contribution < -0.4 is 4.90 Å². The minimum Gasteiger partial charge on any atom is -0.435 e. The van der Waals surface area contributed by atoms with Crippen LogP contribution >= 0.6 is 0 Å². The minimum absolute atomic E-state index is 0.00763. The molecule has 0 atom stereocenters. The zero-order valence-electron chi connectivity index (χ0n) is 31.2. The van der Waals surface area contributed by atoms with Crippen molar-refractivity contribution in [1.82, 2.24) is 4.98 Å². The molecule has 0 spiro atoms.